The first-order valence-electron chi connectivity index (χ1n) is 8.36. The lowest BCUT2D eigenvalue weighted by Gasteiger charge is -2.20. The summed E-state index contributed by atoms with van der Waals surface area (Å²) in [6.45, 7) is 4.66. The van der Waals surface area contributed by atoms with Crippen molar-refractivity contribution in [2.75, 3.05) is 0 Å². The molecule has 1 unspecified atom stereocenters. The van der Waals surface area contributed by atoms with E-state index in [1.165, 1.54) is 32.1 Å². The van der Waals surface area contributed by atoms with Crippen molar-refractivity contribution in [3.8, 4) is 0 Å². The van der Waals surface area contributed by atoms with Crippen LogP contribution in [0.15, 0.2) is 48.5 Å². The smallest absolute Gasteiger partial charge is 0.0247 e. The van der Waals surface area contributed by atoms with Crippen molar-refractivity contribution in [2.24, 2.45) is 11.8 Å². The fourth-order valence-electron chi connectivity index (χ4n) is 3.66. The number of fused-ring (bicyclic) bond motifs is 2. The van der Waals surface area contributed by atoms with E-state index in [4.69, 9.17) is 0 Å². The summed E-state index contributed by atoms with van der Waals surface area (Å²) >= 11 is 0. The van der Waals surface area contributed by atoms with E-state index in [0.717, 1.165) is 11.8 Å². The predicted octanol–water partition coefficient (Wildman–Crippen LogP) is 5.23. The Morgan fingerprint density at radius 3 is 1.62 bits per heavy atom. The zero-order valence-corrected chi connectivity index (χ0v) is 13.3. The van der Waals surface area contributed by atoms with Gasteiger partial charge in [0.1, 0.15) is 0 Å². The van der Waals surface area contributed by atoms with Gasteiger partial charge in [-0.3, -0.25) is 0 Å². The first-order chi connectivity index (χ1) is 10.2. The molecule has 0 spiro atoms. The van der Waals surface area contributed by atoms with Crippen LogP contribution in [0.4, 0.5) is 0 Å². The number of rotatable bonds is 0. The van der Waals surface area contributed by atoms with Crippen molar-refractivity contribution in [2.45, 2.75) is 46.0 Å². The lowest BCUT2D eigenvalue weighted by Crippen LogP contribution is -2.10. The fraction of sp³-hybridized carbons (Fsp3) is 0.429. The zero-order valence-electron chi connectivity index (χ0n) is 13.3. The average molecular weight is 278 g/mol. The molecule has 0 aromatic heterocycles. The standard InChI is InChI=1S/C11H14.C10H12/c1-9-6-7-10-4-2-3-5-11(10)8-9;1-8-6-9-4-2-3-5-10(9)7-8/h2-5,9H,6-8H2,1H3;2-5,8H,6-7H2,1H3. The molecule has 0 amide bonds. The summed E-state index contributed by atoms with van der Waals surface area (Å²) in [5.74, 6) is 1.77. The van der Waals surface area contributed by atoms with Gasteiger partial charge in [-0.2, -0.15) is 0 Å². The summed E-state index contributed by atoms with van der Waals surface area (Å²) in [7, 11) is 0. The Hall–Kier alpha value is -1.56. The van der Waals surface area contributed by atoms with Gasteiger partial charge in [0.2, 0.25) is 0 Å². The molecule has 0 N–H and O–H groups in total. The summed E-state index contributed by atoms with van der Waals surface area (Å²) in [5.41, 5.74) is 6.28. The Labute approximate surface area is 129 Å². The van der Waals surface area contributed by atoms with Crippen molar-refractivity contribution in [1.29, 1.82) is 0 Å². The van der Waals surface area contributed by atoms with Gasteiger partial charge < -0.3 is 0 Å². The molecule has 0 saturated heterocycles. The van der Waals surface area contributed by atoms with Crippen molar-refractivity contribution in [1.82, 2.24) is 0 Å². The first-order valence-corrected chi connectivity index (χ1v) is 8.36. The number of hydrogen-bond donors (Lipinski definition) is 0. The van der Waals surface area contributed by atoms with Gasteiger partial charge in [0.15, 0.2) is 0 Å². The van der Waals surface area contributed by atoms with Crippen LogP contribution in [0.2, 0.25) is 0 Å². The highest BCUT2D eigenvalue weighted by molar-refractivity contribution is 5.31. The molecule has 2 aliphatic rings. The van der Waals surface area contributed by atoms with E-state index >= 15 is 0 Å². The van der Waals surface area contributed by atoms with Crippen molar-refractivity contribution < 1.29 is 0 Å². The largest absolute Gasteiger partial charge is 0.0622 e. The van der Waals surface area contributed by atoms with E-state index in [0.29, 0.717) is 0 Å². The molecule has 2 aliphatic carbocycles. The summed E-state index contributed by atoms with van der Waals surface area (Å²) < 4.78 is 0. The highest BCUT2D eigenvalue weighted by Crippen LogP contribution is 2.25. The third kappa shape index (κ3) is 3.56. The van der Waals surface area contributed by atoms with Crippen LogP contribution < -0.4 is 0 Å². The van der Waals surface area contributed by atoms with E-state index in [9.17, 15) is 0 Å². The summed E-state index contributed by atoms with van der Waals surface area (Å²) in [5, 5.41) is 0. The molecule has 21 heavy (non-hydrogen) atoms. The van der Waals surface area contributed by atoms with Crippen molar-refractivity contribution >= 4 is 0 Å². The Morgan fingerprint density at radius 1 is 0.619 bits per heavy atom. The fourth-order valence-corrected chi connectivity index (χ4v) is 3.66. The van der Waals surface area contributed by atoms with Gasteiger partial charge in [0.05, 0.1) is 0 Å². The molecule has 0 saturated carbocycles. The van der Waals surface area contributed by atoms with Gasteiger partial charge in [-0.15, -0.1) is 0 Å². The average Bonchev–Trinajstić information content (AvgIpc) is 2.88. The van der Waals surface area contributed by atoms with Crippen LogP contribution in [0, 0.1) is 11.8 Å². The van der Waals surface area contributed by atoms with E-state index in [1.807, 2.05) is 0 Å². The quantitative estimate of drug-likeness (QED) is 0.619. The van der Waals surface area contributed by atoms with Gasteiger partial charge in [0, 0.05) is 0 Å². The topological polar surface area (TPSA) is 0 Å². The maximum absolute atomic E-state index is 2.34. The number of hydrogen-bond acceptors (Lipinski definition) is 0. The van der Waals surface area contributed by atoms with Crippen LogP contribution >= 0.6 is 0 Å². The molecule has 0 fully saturated rings. The Balaban J connectivity index is 0.000000126. The minimum atomic E-state index is 0.873. The van der Waals surface area contributed by atoms with E-state index < -0.39 is 0 Å². The summed E-state index contributed by atoms with van der Waals surface area (Å²) in [6, 6.07) is 17.6. The number of benzene rings is 2. The summed E-state index contributed by atoms with van der Waals surface area (Å²) in [6.07, 6.45) is 6.52. The van der Waals surface area contributed by atoms with Crippen molar-refractivity contribution in [3.05, 3.63) is 70.8 Å². The lowest BCUT2D eigenvalue weighted by atomic mass is 9.85. The summed E-state index contributed by atoms with van der Waals surface area (Å²) in [4.78, 5) is 0. The van der Waals surface area contributed by atoms with E-state index in [2.05, 4.69) is 62.4 Å². The third-order valence-corrected chi connectivity index (χ3v) is 4.85. The van der Waals surface area contributed by atoms with Crippen LogP contribution in [0.1, 0.15) is 42.5 Å². The molecule has 0 bridgehead atoms. The molecule has 1 atom stereocenters. The second-order valence-electron chi connectivity index (χ2n) is 6.90. The lowest BCUT2D eigenvalue weighted by molar-refractivity contribution is 0.501. The van der Waals surface area contributed by atoms with Gasteiger partial charge in [-0.25, -0.2) is 0 Å². The molecule has 0 heterocycles. The third-order valence-electron chi connectivity index (χ3n) is 4.85. The number of aryl methyl sites for hydroxylation is 1. The molecule has 110 valence electrons. The van der Waals surface area contributed by atoms with Gasteiger partial charge in [0.25, 0.3) is 0 Å². The minimum Gasteiger partial charge on any atom is -0.0622 e. The minimum absolute atomic E-state index is 0.873. The zero-order chi connectivity index (χ0) is 14.7. The van der Waals surface area contributed by atoms with E-state index in [1.54, 1.807) is 22.3 Å². The Morgan fingerprint density at radius 2 is 1.05 bits per heavy atom. The Kier molecular flexibility index (Phi) is 4.43. The van der Waals surface area contributed by atoms with Crippen molar-refractivity contribution in [3.63, 3.8) is 0 Å². The van der Waals surface area contributed by atoms with Crippen LogP contribution in [0.25, 0.3) is 0 Å². The van der Waals surface area contributed by atoms with Crippen LogP contribution in [-0.4, -0.2) is 0 Å². The Bertz CT molecular complexity index is 571. The normalized spacial score (nSPS) is 20.2. The second kappa shape index (κ2) is 6.47. The molecule has 2 aromatic rings. The van der Waals surface area contributed by atoms with Gasteiger partial charge >= 0.3 is 0 Å². The van der Waals surface area contributed by atoms with Crippen LogP contribution in [-0.2, 0) is 25.7 Å². The SMILES string of the molecule is CC1CCc2ccccc2C1.CC1Cc2ccccc2C1. The molecule has 0 heteroatoms. The van der Waals surface area contributed by atoms with Gasteiger partial charge in [-0.1, -0.05) is 62.4 Å². The first kappa shape index (κ1) is 14.4. The monoisotopic (exact) mass is 278 g/mol. The highest BCUT2D eigenvalue weighted by Gasteiger charge is 2.15. The van der Waals surface area contributed by atoms with Crippen LogP contribution in [0.5, 0.6) is 0 Å². The molecule has 0 radical (unpaired) electrons. The molecular weight excluding hydrogens is 252 g/mol. The maximum Gasteiger partial charge on any atom is -0.0247 e. The molecular formula is C21H26. The van der Waals surface area contributed by atoms with Gasteiger partial charge in [-0.05, 0) is 66.2 Å². The maximum atomic E-state index is 2.34. The molecule has 2 aromatic carbocycles. The second-order valence-corrected chi connectivity index (χ2v) is 6.90. The van der Waals surface area contributed by atoms with E-state index in [-0.39, 0.29) is 0 Å². The predicted molar refractivity (Wildman–Crippen MR) is 90.6 cm³/mol. The molecule has 4 rings (SSSR count). The highest BCUT2D eigenvalue weighted by atomic mass is 14.2. The molecule has 0 aliphatic heterocycles. The van der Waals surface area contributed by atoms with Crippen LogP contribution in [0.3, 0.4) is 0 Å². The molecule has 0 nitrogen and oxygen atoms in total.